The van der Waals surface area contributed by atoms with E-state index in [-0.39, 0.29) is 24.9 Å². The molecule has 0 amide bonds. The lowest BCUT2D eigenvalue weighted by atomic mass is 9.77. The number of hydrogen-bond donors (Lipinski definition) is 1. The van der Waals surface area contributed by atoms with Gasteiger partial charge in [-0.3, -0.25) is 4.90 Å². The number of phenols is 1. The van der Waals surface area contributed by atoms with E-state index >= 15 is 0 Å². The average Bonchev–Trinajstić information content (AvgIpc) is 3.15. The summed E-state index contributed by atoms with van der Waals surface area (Å²) in [5.74, 6) is 2.68. The highest BCUT2D eigenvalue weighted by atomic mass is 16.7. The van der Waals surface area contributed by atoms with Crippen LogP contribution in [-0.4, -0.2) is 49.3 Å². The van der Waals surface area contributed by atoms with E-state index in [2.05, 4.69) is 11.8 Å². The molecule has 0 unspecified atom stereocenters. The Morgan fingerprint density at radius 2 is 1.70 bits per heavy atom. The Hall–Kier alpha value is -2.44. The van der Waals surface area contributed by atoms with Crippen molar-refractivity contribution in [1.82, 2.24) is 4.90 Å². The number of nitrogens with zero attached hydrogens (tertiary/aromatic N) is 1. The van der Waals surface area contributed by atoms with Gasteiger partial charge in [-0.25, -0.2) is 0 Å². The number of ether oxygens (including phenoxy) is 4. The first-order chi connectivity index (χ1) is 13.2. The maximum absolute atomic E-state index is 10.6. The van der Waals surface area contributed by atoms with Crippen molar-refractivity contribution in [3.63, 3.8) is 0 Å². The molecule has 3 aliphatic heterocycles. The molecule has 1 N–H and O–H groups in total. The lowest BCUT2D eigenvalue weighted by molar-refractivity contribution is -0.0785. The van der Waals surface area contributed by atoms with E-state index in [1.54, 1.807) is 6.07 Å². The molecule has 0 radical (unpaired) electrons. The molecule has 6 heteroatoms. The number of benzene rings is 2. The summed E-state index contributed by atoms with van der Waals surface area (Å²) in [7, 11) is 0. The normalized spacial score (nSPS) is 27.1. The van der Waals surface area contributed by atoms with Crippen molar-refractivity contribution in [2.45, 2.75) is 19.1 Å². The van der Waals surface area contributed by atoms with Gasteiger partial charge >= 0.3 is 0 Å². The van der Waals surface area contributed by atoms with Crippen LogP contribution >= 0.6 is 0 Å². The fraction of sp³-hybridized carbons (Fsp3) is 0.429. The van der Waals surface area contributed by atoms with Crippen molar-refractivity contribution in [1.29, 1.82) is 0 Å². The molecule has 142 valence electrons. The molecule has 3 aliphatic rings. The predicted octanol–water partition coefficient (Wildman–Crippen LogP) is 2.94. The second kappa shape index (κ2) is 6.62. The summed E-state index contributed by atoms with van der Waals surface area (Å²) in [4.78, 5) is 2.33. The zero-order chi connectivity index (χ0) is 18.4. The zero-order valence-corrected chi connectivity index (χ0v) is 15.3. The summed E-state index contributed by atoms with van der Waals surface area (Å²) >= 11 is 0. The quantitative estimate of drug-likeness (QED) is 0.878. The summed E-state index contributed by atoms with van der Waals surface area (Å²) in [6, 6.07) is 11.5. The molecular weight excluding hydrogens is 346 g/mol. The van der Waals surface area contributed by atoms with Crippen molar-refractivity contribution < 1.29 is 24.1 Å². The van der Waals surface area contributed by atoms with Crippen LogP contribution in [0.15, 0.2) is 36.4 Å². The van der Waals surface area contributed by atoms with Gasteiger partial charge in [0.15, 0.2) is 17.7 Å². The molecule has 0 spiro atoms. The minimum Gasteiger partial charge on any atom is -0.508 e. The molecule has 0 aromatic heterocycles. The predicted molar refractivity (Wildman–Crippen MR) is 98.5 cm³/mol. The van der Waals surface area contributed by atoms with Gasteiger partial charge in [0.05, 0.1) is 13.2 Å². The molecule has 0 bridgehead atoms. The molecule has 27 heavy (non-hydrogen) atoms. The van der Waals surface area contributed by atoms with Gasteiger partial charge in [-0.2, -0.15) is 0 Å². The lowest BCUT2D eigenvalue weighted by Gasteiger charge is -2.44. The van der Waals surface area contributed by atoms with Crippen molar-refractivity contribution in [3.05, 3.63) is 47.5 Å². The zero-order valence-electron chi connectivity index (χ0n) is 15.3. The van der Waals surface area contributed by atoms with Crippen LogP contribution in [0.25, 0.3) is 0 Å². The van der Waals surface area contributed by atoms with Crippen LogP contribution in [0.4, 0.5) is 0 Å². The summed E-state index contributed by atoms with van der Waals surface area (Å²) < 4.78 is 23.1. The molecule has 3 heterocycles. The molecule has 1 saturated heterocycles. The largest absolute Gasteiger partial charge is 0.508 e. The SMILES string of the molecule is C[C@H]1[C@@H](c2ccccc2O)c2cc3c(cc2O[C@@H]1N1CCOCC1)OCO3. The monoisotopic (exact) mass is 369 g/mol. The van der Waals surface area contributed by atoms with Crippen LogP contribution in [0.3, 0.4) is 0 Å². The van der Waals surface area contributed by atoms with E-state index in [1.807, 2.05) is 30.3 Å². The van der Waals surface area contributed by atoms with E-state index in [0.29, 0.717) is 24.7 Å². The highest BCUT2D eigenvalue weighted by molar-refractivity contribution is 5.57. The minimum atomic E-state index is -0.0913. The Bertz CT molecular complexity index is 848. The van der Waals surface area contributed by atoms with Crippen molar-refractivity contribution in [3.8, 4) is 23.0 Å². The Balaban J connectivity index is 1.62. The van der Waals surface area contributed by atoms with Crippen LogP contribution < -0.4 is 14.2 Å². The van der Waals surface area contributed by atoms with Crippen LogP contribution in [0.2, 0.25) is 0 Å². The molecule has 2 aromatic carbocycles. The third-order valence-corrected chi connectivity index (χ3v) is 5.74. The molecule has 6 nitrogen and oxygen atoms in total. The van der Waals surface area contributed by atoms with Crippen molar-refractivity contribution in [2.75, 3.05) is 33.1 Å². The Labute approximate surface area is 158 Å². The first-order valence-corrected chi connectivity index (χ1v) is 9.42. The Morgan fingerprint density at radius 1 is 0.963 bits per heavy atom. The Kier molecular flexibility index (Phi) is 4.10. The first kappa shape index (κ1) is 16.7. The fourth-order valence-corrected chi connectivity index (χ4v) is 4.41. The highest BCUT2D eigenvalue weighted by Crippen LogP contribution is 2.51. The van der Waals surface area contributed by atoms with Gasteiger partial charge < -0.3 is 24.1 Å². The second-order valence-corrected chi connectivity index (χ2v) is 7.30. The minimum absolute atomic E-state index is 0.00250. The van der Waals surface area contributed by atoms with E-state index in [9.17, 15) is 5.11 Å². The number of fused-ring (bicyclic) bond motifs is 2. The molecule has 0 aliphatic carbocycles. The fourth-order valence-electron chi connectivity index (χ4n) is 4.41. The number of rotatable bonds is 2. The van der Waals surface area contributed by atoms with Crippen molar-refractivity contribution >= 4 is 0 Å². The summed E-state index contributed by atoms with van der Waals surface area (Å²) in [5, 5.41) is 10.6. The van der Waals surface area contributed by atoms with E-state index in [1.165, 1.54) is 0 Å². The number of phenolic OH excluding ortho intramolecular Hbond substituents is 1. The summed E-state index contributed by atoms with van der Waals surface area (Å²) in [6.07, 6.45) is -0.0913. The molecule has 1 fully saturated rings. The van der Waals surface area contributed by atoms with Gasteiger partial charge in [-0.05, 0) is 12.1 Å². The number of hydrogen-bond acceptors (Lipinski definition) is 6. The Morgan fingerprint density at radius 3 is 2.48 bits per heavy atom. The van der Waals surface area contributed by atoms with Crippen LogP contribution in [0.1, 0.15) is 24.0 Å². The van der Waals surface area contributed by atoms with Crippen molar-refractivity contribution in [2.24, 2.45) is 5.92 Å². The number of morpholine rings is 1. The van der Waals surface area contributed by atoms with Crippen LogP contribution in [0, 0.1) is 5.92 Å². The maximum atomic E-state index is 10.6. The van der Waals surface area contributed by atoms with E-state index in [0.717, 1.165) is 35.7 Å². The highest BCUT2D eigenvalue weighted by Gasteiger charge is 2.41. The lowest BCUT2D eigenvalue weighted by Crippen LogP contribution is -2.52. The summed E-state index contributed by atoms with van der Waals surface area (Å²) in [6.45, 7) is 5.50. The van der Waals surface area contributed by atoms with Gasteiger partial charge in [-0.15, -0.1) is 0 Å². The topological polar surface area (TPSA) is 60.4 Å². The number of para-hydroxylation sites is 1. The van der Waals surface area contributed by atoms with Gasteiger partial charge in [0.2, 0.25) is 6.79 Å². The van der Waals surface area contributed by atoms with E-state index in [4.69, 9.17) is 18.9 Å². The maximum Gasteiger partial charge on any atom is 0.231 e. The molecule has 2 aromatic rings. The molecule has 3 atom stereocenters. The molecular formula is C21H23NO5. The van der Waals surface area contributed by atoms with Gasteiger partial charge in [0.25, 0.3) is 0 Å². The van der Waals surface area contributed by atoms with Gasteiger partial charge in [0, 0.05) is 42.1 Å². The average molecular weight is 369 g/mol. The smallest absolute Gasteiger partial charge is 0.231 e. The molecule has 0 saturated carbocycles. The first-order valence-electron chi connectivity index (χ1n) is 9.42. The number of aromatic hydroxyl groups is 1. The van der Waals surface area contributed by atoms with Crippen LogP contribution in [-0.2, 0) is 4.74 Å². The third-order valence-electron chi connectivity index (χ3n) is 5.74. The molecule has 5 rings (SSSR count). The third kappa shape index (κ3) is 2.80. The second-order valence-electron chi connectivity index (χ2n) is 7.30. The van der Waals surface area contributed by atoms with Gasteiger partial charge in [0.1, 0.15) is 11.5 Å². The van der Waals surface area contributed by atoms with E-state index < -0.39 is 0 Å². The van der Waals surface area contributed by atoms with Gasteiger partial charge in [-0.1, -0.05) is 25.1 Å². The standard InChI is InChI=1S/C21H23NO5/c1-13-20(14-4-2-3-5-16(14)23)15-10-18-19(26-12-25-18)11-17(15)27-21(13)22-6-8-24-9-7-22/h2-5,10-11,13,20-21,23H,6-9,12H2,1H3/t13-,20-,21-/m0/s1. The summed E-state index contributed by atoms with van der Waals surface area (Å²) in [5.41, 5.74) is 1.93. The van der Waals surface area contributed by atoms with Crippen LogP contribution in [0.5, 0.6) is 23.0 Å².